The Kier molecular flexibility index (Phi) is 7.99. The Labute approximate surface area is 90.2 Å². The predicted molar refractivity (Wildman–Crippen MR) is 47.4 cm³/mol. The molecule has 0 saturated carbocycles. The van der Waals surface area contributed by atoms with Crippen LogP contribution in [0.2, 0.25) is 0 Å². The number of hydrogen-bond acceptors (Lipinski definition) is 3. The first kappa shape index (κ1) is 14.2. The fourth-order valence-corrected chi connectivity index (χ4v) is 0.837. The Morgan fingerprint density at radius 1 is 1.55 bits per heavy atom. The van der Waals surface area contributed by atoms with E-state index in [1.54, 1.807) is 13.8 Å². The molecule has 0 fully saturated rings. The molecule has 0 rings (SSSR count). The molecule has 0 N–H and O–H groups in total. The van der Waals surface area contributed by atoms with Crippen molar-refractivity contribution in [1.82, 2.24) is 0 Å². The van der Waals surface area contributed by atoms with Crippen LogP contribution in [-0.2, 0) is 14.3 Å². The fraction of sp³-hybridized carbons (Fsp3) is 0.667. The van der Waals surface area contributed by atoms with Gasteiger partial charge in [-0.05, 0) is 13.8 Å². The van der Waals surface area contributed by atoms with Crippen molar-refractivity contribution in [3.8, 4) is 0 Å². The first-order valence-corrected chi connectivity index (χ1v) is 4.47. The van der Waals surface area contributed by atoms with Gasteiger partial charge in [0.05, 0.1) is 11.9 Å². The van der Waals surface area contributed by atoms with Crippen molar-refractivity contribution in [3.05, 3.63) is 12.7 Å². The zero-order valence-corrected chi connectivity index (χ0v) is 7.02. The molecular formula is C6H13NaO3S. The molecule has 0 saturated heterocycles. The summed E-state index contributed by atoms with van der Waals surface area (Å²) in [4.78, 5) is 0. The molecule has 0 aliphatic rings. The van der Waals surface area contributed by atoms with Crippen molar-refractivity contribution in [2.24, 2.45) is 0 Å². The van der Waals surface area contributed by atoms with E-state index in [4.69, 9.17) is 0 Å². The van der Waals surface area contributed by atoms with Gasteiger partial charge in [0.1, 0.15) is 0 Å². The number of hydrogen-bond donors (Lipinski definition) is 0. The van der Waals surface area contributed by atoms with Crippen LogP contribution in [0.1, 0.15) is 13.8 Å². The molecule has 0 aromatic carbocycles. The maximum atomic E-state index is 10.8. The predicted octanol–water partition coefficient (Wildman–Crippen LogP) is 0.279. The number of rotatable bonds is 4. The fourth-order valence-electron chi connectivity index (χ4n) is 0.279. The van der Waals surface area contributed by atoms with Crippen LogP contribution < -0.4 is 0 Å². The van der Waals surface area contributed by atoms with Crippen molar-refractivity contribution in [1.29, 1.82) is 0 Å². The third kappa shape index (κ3) is 5.87. The SMILES string of the molecule is C=CCOS(=O)(=O)C(C)C.[NaH]. The molecule has 0 aliphatic carbocycles. The van der Waals surface area contributed by atoms with E-state index in [0.29, 0.717) is 0 Å². The Hall–Kier alpha value is 0.650. The maximum absolute atomic E-state index is 10.8. The topological polar surface area (TPSA) is 43.4 Å². The molecule has 0 aliphatic heterocycles. The standard InChI is InChI=1S/C6H12O3S.Na.H/c1-4-5-9-10(7,8)6(2)3;;/h4,6H,1,5H2,2-3H3;;. The normalized spacial score (nSPS) is 10.8. The van der Waals surface area contributed by atoms with Gasteiger partial charge in [0.2, 0.25) is 0 Å². The van der Waals surface area contributed by atoms with Gasteiger partial charge in [0.25, 0.3) is 10.1 Å². The molecule has 0 spiro atoms. The van der Waals surface area contributed by atoms with E-state index >= 15 is 0 Å². The molecule has 0 atom stereocenters. The van der Waals surface area contributed by atoms with Crippen LogP contribution in [0.4, 0.5) is 0 Å². The second-order valence-corrected chi connectivity index (χ2v) is 4.28. The van der Waals surface area contributed by atoms with Gasteiger partial charge in [-0.15, -0.1) is 6.58 Å². The van der Waals surface area contributed by atoms with Gasteiger partial charge in [-0.3, -0.25) is 4.18 Å². The Balaban J connectivity index is 0. The molecule has 0 aromatic heterocycles. The van der Waals surface area contributed by atoms with Gasteiger partial charge in [0.15, 0.2) is 0 Å². The quantitative estimate of drug-likeness (QED) is 0.361. The van der Waals surface area contributed by atoms with Crippen molar-refractivity contribution >= 4 is 39.7 Å². The summed E-state index contributed by atoms with van der Waals surface area (Å²) in [6, 6.07) is 0. The molecular weight excluding hydrogens is 175 g/mol. The minimum absolute atomic E-state index is 0. The van der Waals surface area contributed by atoms with Crippen molar-refractivity contribution < 1.29 is 12.6 Å². The Morgan fingerprint density at radius 2 is 2.00 bits per heavy atom. The monoisotopic (exact) mass is 188 g/mol. The third-order valence-electron chi connectivity index (χ3n) is 0.928. The summed E-state index contributed by atoms with van der Waals surface area (Å²) in [6.45, 7) is 6.53. The molecule has 0 aromatic rings. The average molecular weight is 188 g/mol. The first-order chi connectivity index (χ1) is 4.50. The summed E-state index contributed by atoms with van der Waals surface area (Å²) >= 11 is 0. The molecule has 5 heteroatoms. The molecule has 0 bridgehead atoms. The van der Waals surface area contributed by atoms with Gasteiger partial charge >= 0.3 is 29.6 Å². The first-order valence-electron chi connectivity index (χ1n) is 3.00. The average Bonchev–Trinajstić information content (AvgIpc) is 1.84. The molecule has 0 radical (unpaired) electrons. The molecule has 62 valence electrons. The van der Waals surface area contributed by atoms with Crippen molar-refractivity contribution in [3.63, 3.8) is 0 Å². The van der Waals surface area contributed by atoms with E-state index in [9.17, 15) is 8.42 Å². The van der Waals surface area contributed by atoms with Crippen LogP contribution in [0.15, 0.2) is 12.7 Å². The van der Waals surface area contributed by atoms with Gasteiger partial charge in [-0.2, -0.15) is 8.42 Å². The van der Waals surface area contributed by atoms with E-state index in [2.05, 4.69) is 10.8 Å². The molecule has 11 heavy (non-hydrogen) atoms. The summed E-state index contributed by atoms with van der Waals surface area (Å²) in [7, 11) is -3.33. The van der Waals surface area contributed by atoms with Crippen LogP contribution in [0, 0.1) is 0 Å². The third-order valence-corrected chi connectivity index (χ3v) is 2.55. The summed E-state index contributed by atoms with van der Waals surface area (Å²) in [5, 5.41) is -0.479. The molecule has 0 heterocycles. The van der Waals surface area contributed by atoms with Gasteiger partial charge < -0.3 is 0 Å². The van der Waals surface area contributed by atoms with Crippen LogP contribution in [0.3, 0.4) is 0 Å². The minimum atomic E-state index is -3.33. The Morgan fingerprint density at radius 3 is 2.27 bits per heavy atom. The van der Waals surface area contributed by atoms with Gasteiger partial charge in [0, 0.05) is 0 Å². The van der Waals surface area contributed by atoms with Crippen molar-refractivity contribution in [2.45, 2.75) is 19.1 Å². The molecule has 0 unspecified atom stereocenters. The summed E-state index contributed by atoms with van der Waals surface area (Å²) in [6.07, 6.45) is 1.40. The summed E-state index contributed by atoms with van der Waals surface area (Å²) < 4.78 is 26.1. The molecule has 0 amide bonds. The van der Waals surface area contributed by atoms with Crippen LogP contribution in [0.5, 0.6) is 0 Å². The van der Waals surface area contributed by atoms with Crippen molar-refractivity contribution in [2.75, 3.05) is 6.61 Å². The zero-order chi connectivity index (χ0) is 8.20. The van der Waals surface area contributed by atoms with Crippen LogP contribution in [-0.4, -0.2) is 49.8 Å². The van der Waals surface area contributed by atoms with Crippen LogP contribution in [0.25, 0.3) is 0 Å². The van der Waals surface area contributed by atoms with Gasteiger partial charge in [-0.25, -0.2) is 0 Å². The van der Waals surface area contributed by atoms with E-state index in [-0.39, 0.29) is 36.2 Å². The van der Waals surface area contributed by atoms with Crippen LogP contribution >= 0.6 is 0 Å². The van der Waals surface area contributed by atoms with E-state index in [1.165, 1.54) is 6.08 Å². The van der Waals surface area contributed by atoms with E-state index < -0.39 is 15.4 Å². The van der Waals surface area contributed by atoms with Gasteiger partial charge in [-0.1, -0.05) is 6.08 Å². The summed E-state index contributed by atoms with van der Waals surface area (Å²) in [5.74, 6) is 0. The van der Waals surface area contributed by atoms with E-state index in [1.807, 2.05) is 0 Å². The summed E-state index contributed by atoms with van der Waals surface area (Å²) in [5.41, 5.74) is 0. The zero-order valence-electron chi connectivity index (χ0n) is 6.20. The Bertz CT molecular complexity index is 196. The second kappa shape index (κ2) is 6.20. The molecule has 3 nitrogen and oxygen atoms in total. The second-order valence-electron chi connectivity index (χ2n) is 2.11. The van der Waals surface area contributed by atoms with E-state index in [0.717, 1.165) is 0 Å².